The highest BCUT2D eigenvalue weighted by molar-refractivity contribution is 6.30. The van der Waals surface area contributed by atoms with Crippen LogP contribution in [0, 0.1) is 5.82 Å². The molecule has 2 amide bonds. The molecule has 3 rings (SSSR count). The number of halogens is 2. The van der Waals surface area contributed by atoms with E-state index in [-0.39, 0.29) is 29.5 Å². The number of hydrogen-bond acceptors (Lipinski definition) is 5. The Morgan fingerprint density at radius 3 is 2.72 bits per heavy atom. The van der Waals surface area contributed by atoms with Crippen LogP contribution in [0.1, 0.15) is 37.7 Å². The molecule has 2 aromatic carbocycles. The molecular formula is C20H17ClFN5O2. The summed E-state index contributed by atoms with van der Waals surface area (Å²) in [5, 5.41) is 3.05. The van der Waals surface area contributed by atoms with Gasteiger partial charge in [0.05, 0.1) is 11.9 Å². The number of hydrogen-bond donors (Lipinski definition) is 3. The smallest absolute Gasteiger partial charge is 0.271 e. The molecule has 29 heavy (non-hydrogen) atoms. The van der Waals surface area contributed by atoms with Crippen molar-refractivity contribution in [3.05, 3.63) is 87.6 Å². The molecule has 0 aliphatic heterocycles. The molecule has 1 heterocycles. The fraction of sp³-hybridized carbons (Fsp3) is 0.100. The van der Waals surface area contributed by atoms with Crippen LogP contribution < -0.4 is 16.8 Å². The van der Waals surface area contributed by atoms with Crippen molar-refractivity contribution >= 4 is 29.2 Å². The van der Waals surface area contributed by atoms with E-state index in [2.05, 4.69) is 15.3 Å². The lowest BCUT2D eigenvalue weighted by Gasteiger charge is -2.09. The van der Waals surface area contributed by atoms with Crippen LogP contribution in [0.4, 0.5) is 10.2 Å². The Bertz CT molecular complexity index is 1090. The zero-order valence-electron chi connectivity index (χ0n) is 15.2. The highest BCUT2D eigenvalue weighted by Gasteiger charge is 2.12. The van der Waals surface area contributed by atoms with E-state index in [0.717, 1.165) is 5.56 Å². The number of primary amides is 1. The van der Waals surface area contributed by atoms with Crippen LogP contribution in [0.2, 0.25) is 5.02 Å². The standard InChI is InChI=1S/C20H17ClFN5O2/c21-14-4-5-16(22)13(8-14)9-26-20(29)12-3-1-2-11(6-12)7-15-10-25-18(23)17(27-15)19(24)28/h1-6,8,10H,7,9H2,(H2,23,25)(H2,24,28)(H,26,29). The summed E-state index contributed by atoms with van der Waals surface area (Å²) in [5.74, 6) is -1.62. The topological polar surface area (TPSA) is 124 Å². The highest BCUT2D eigenvalue weighted by Crippen LogP contribution is 2.16. The van der Waals surface area contributed by atoms with Crippen molar-refractivity contribution < 1.29 is 14.0 Å². The van der Waals surface area contributed by atoms with Crippen LogP contribution in [0.25, 0.3) is 0 Å². The maximum absolute atomic E-state index is 13.8. The third-order valence-electron chi connectivity index (χ3n) is 4.11. The Hall–Kier alpha value is -3.52. The summed E-state index contributed by atoms with van der Waals surface area (Å²) in [6.45, 7) is 0.000857. The number of nitrogens with zero attached hydrogens (tertiary/aromatic N) is 2. The lowest BCUT2D eigenvalue weighted by atomic mass is 10.1. The quantitative estimate of drug-likeness (QED) is 0.572. The molecule has 0 fully saturated rings. The first-order chi connectivity index (χ1) is 13.8. The van der Waals surface area contributed by atoms with Crippen LogP contribution in [0.5, 0.6) is 0 Å². The third kappa shape index (κ3) is 5.05. The molecule has 0 unspecified atom stereocenters. The number of nitrogen functional groups attached to an aromatic ring is 1. The van der Waals surface area contributed by atoms with Crippen molar-refractivity contribution in [1.82, 2.24) is 15.3 Å². The van der Waals surface area contributed by atoms with Crippen molar-refractivity contribution in [1.29, 1.82) is 0 Å². The Morgan fingerprint density at radius 1 is 1.17 bits per heavy atom. The second-order valence-corrected chi connectivity index (χ2v) is 6.69. The fourth-order valence-electron chi connectivity index (χ4n) is 2.69. The number of benzene rings is 2. The average molecular weight is 414 g/mol. The lowest BCUT2D eigenvalue weighted by Crippen LogP contribution is -2.23. The molecule has 1 aromatic heterocycles. The first kappa shape index (κ1) is 20.2. The number of aromatic nitrogens is 2. The van der Waals surface area contributed by atoms with Gasteiger partial charge in [0, 0.05) is 29.1 Å². The van der Waals surface area contributed by atoms with Gasteiger partial charge in [-0.3, -0.25) is 9.59 Å². The van der Waals surface area contributed by atoms with Gasteiger partial charge in [0.25, 0.3) is 11.8 Å². The molecule has 0 radical (unpaired) electrons. The van der Waals surface area contributed by atoms with E-state index in [0.29, 0.717) is 22.7 Å². The van der Waals surface area contributed by atoms with Gasteiger partial charge in [-0.1, -0.05) is 23.7 Å². The molecule has 0 bridgehead atoms. The summed E-state index contributed by atoms with van der Waals surface area (Å²) >= 11 is 5.86. The van der Waals surface area contributed by atoms with Gasteiger partial charge in [-0.2, -0.15) is 0 Å². The minimum Gasteiger partial charge on any atom is -0.382 e. The highest BCUT2D eigenvalue weighted by atomic mass is 35.5. The van der Waals surface area contributed by atoms with Crippen molar-refractivity contribution in [2.75, 3.05) is 5.73 Å². The predicted octanol–water partition coefficient (Wildman–Crippen LogP) is 2.47. The van der Waals surface area contributed by atoms with E-state index in [4.69, 9.17) is 23.1 Å². The average Bonchev–Trinajstić information content (AvgIpc) is 2.70. The summed E-state index contributed by atoms with van der Waals surface area (Å²) < 4.78 is 13.8. The monoisotopic (exact) mass is 413 g/mol. The third-order valence-corrected chi connectivity index (χ3v) is 4.34. The molecule has 5 N–H and O–H groups in total. The molecular weight excluding hydrogens is 397 g/mol. The Kier molecular flexibility index (Phi) is 6.04. The molecule has 0 aliphatic rings. The van der Waals surface area contributed by atoms with Crippen LogP contribution in [-0.2, 0) is 13.0 Å². The number of carbonyl (C=O) groups is 2. The maximum atomic E-state index is 13.8. The lowest BCUT2D eigenvalue weighted by molar-refractivity contribution is 0.0949. The summed E-state index contributed by atoms with van der Waals surface area (Å²) in [4.78, 5) is 31.8. The first-order valence-electron chi connectivity index (χ1n) is 8.55. The van der Waals surface area contributed by atoms with E-state index in [1.54, 1.807) is 24.3 Å². The minimum atomic E-state index is -0.766. The molecule has 0 aliphatic carbocycles. The second kappa shape index (κ2) is 8.66. The Labute approximate surface area is 170 Å². The van der Waals surface area contributed by atoms with E-state index < -0.39 is 11.7 Å². The number of rotatable bonds is 6. The zero-order chi connectivity index (χ0) is 21.0. The largest absolute Gasteiger partial charge is 0.382 e. The summed E-state index contributed by atoms with van der Waals surface area (Å²) in [6.07, 6.45) is 1.76. The molecule has 0 saturated carbocycles. The summed E-state index contributed by atoms with van der Waals surface area (Å²) in [6, 6.07) is 11.0. The number of nitrogens with one attached hydrogen (secondary N) is 1. The summed E-state index contributed by atoms with van der Waals surface area (Å²) in [7, 11) is 0. The van der Waals surface area contributed by atoms with Crippen LogP contribution in [-0.4, -0.2) is 21.8 Å². The van der Waals surface area contributed by atoms with E-state index >= 15 is 0 Å². The SMILES string of the molecule is NC(=O)c1nc(Cc2cccc(C(=O)NCc3cc(Cl)ccc3F)c2)cnc1N. The Balaban J connectivity index is 1.72. The number of amides is 2. The van der Waals surface area contributed by atoms with E-state index in [1.807, 2.05) is 0 Å². The van der Waals surface area contributed by atoms with Gasteiger partial charge in [-0.15, -0.1) is 0 Å². The van der Waals surface area contributed by atoms with Crippen LogP contribution in [0.3, 0.4) is 0 Å². The van der Waals surface area contributed by atoms with Gasteiger partial charge < -0.3 is 16.8 Å². The number of carbonyl (C=O) groups excluding carboxylic acids is 2. The first-order valence-corrected chi connectivity index (χ1v) is 8.93. The van der Waals surface area contributed by atoms with Gasteiger partial charge in [0.15, 0.2) is 11.5 Å². The van der Waals surface area contributed by atoms with Gasteiger partial charge in [0.2, 0.25) is 0 Å². The van der Waals surface area contributed by atoms with E-state index in [9.17, 15) is 14.0 Å². The van der Waals surface area contributed by atoms with Crippen LogP contribution in [0.15, 0.2) is 48.7 Å². The van der Waals surface area contributed by atoms with Gasteiger partial charge in [0.1, 0.15) is 5.82 Å². The molecule has 0 spiro atoms. The number of anilines is 1. The molecule has 3 aromatic rings. The van der Waals surface area contributed by atoms with Gasteiger partial charge in [-0.05, 0) is 35.9 Å². The van der Waals surface area contributed by atoms with Crippen molar-refractivity contribution in [2.45, 2.75) is 13.0 Å². The van der Waals surface area contributed by atoms with Crippen LogP contribution >= 0.6 is 11.6 Å². The van der Waals surface area contributed by atoms with Gasteiger partial charge in [-0.25, -0.2) is 14.4 Å². The maximum Gasteiger partial charge on any atom is 0.271 e. The fourth-order valence-corrected chi connectivity index (χ4v) is 2.88. The molecule has 9 heteroatoms. The molecule has 148 valence electrons. The molecule has 7 nitrogen and oxygen atoms in total. The Morgan fingerprint density at radius 2 is 1.97 bits per heavy atom. The number of nitrogens with two attached hydrogens (primary N) is 2. The predicted molar refractivity (Wildman–Crippen MR) is 107 cm³/mol. The minimum absolute atomic E-state index is 0.000857. The second-order valence-electron chi connectivity index (χ2n) is 6.26. The molecule has 0 saturated heterocycles. The van der Waals surface area contributed by atoms with Crippen molar-refractivity contribution in [3.63, 3.8) is 0 Å². The zero-order valence-corrected chi connectivity index (χ0v) is 15.9. The van der Waals surface area contributed by atoms with Crippen molar-refractivity contribution in [3.8, 4) is 0 Å². The van der Waals surface area contributed by atoms with Gasteiger partial charge >= 0.3 is 0 Å². The van der Waals surface area contributed by atoms with Crippen molar-refractivity contribution in [2.24, 2.45) is 5.73 Å². The summed E-state index contributed by atoms with van der Waals surface area (Å²) in [5.41, 5.74) is 12.6. The van der Waals surface area contributed by atoms with E-state index in [1.165, 1.54) is 24.4 Å². The molecule has 0 atom stereocenters. The normalized spacial score (nSPS) is 10.6.